The molecule has 2 aromatic rings. The molecule has 0 fully saturated rings. The van der Waals surface area contributed by atoms with Gasteiger partial charge in [-0.3, -0.25) is 4.79 Å². The first kappa shape index (κ1) is 24.5. The Labute approximate surface area is 187 Å². The van der Waals surface area contributed by atoms with Crippen LogP contribution < -0.4 is 10.1 Å². The van der Waals surface area contributed by atoms with Gasteiger partial charge >= 0.3 is 0 Å². The van der Waals surface area contributed by atoms with Gasteiger partial charge in [0.2, 0.25) is 5.91 Å². The van der Waals surface area contributed by atoms with E-state index >= 15 is 0 Å². The van der Waals surface area contributed by atoms with Crippen molar-refractivity contribution in [3.8, 4) is 11.5 Å². The molecule has 0 aliphatic carbocycles. The van der Waals surface area contributed by atoms with E-state index in [4.69, 9.17) is 4.74 Å². The number of carbonyl (C=O) groups is 1. The van der Waals surface area contributed by atoms with Crippen molar-refractivity contribution in [2.24, 2.45) is 0 Å². The van der Waals surface area contributed by atoms with E-state index in [0.29, 0.717) is 6.54 Å². The lowest BCUT2D eigenvalue weighted by Gasteiger charge is -2.27. The highest BCUT2D eigenvalue weighted by molar-refractivity contribution is 5.91. The lowest BCUT2D eigenvalue weighted by molar-refractivity contribution is -0.116. The van der Waals surface area contributed by atoms with Gasteiger partial charge in [-0.15, -0.1) is 0 Å². The van der Waals surface area contributed by atoms with Gasteiger partial charge in [0.1, 0.15) is 11.5 Å². The van der Waals surface area contributed by atoms with Crippen molar-refractivity contribution in [2.75, 3.05) is 13.7 Å². The van der Waals surface area contributed by atoms with Gasteiger partial charge in [-0.25, -0.2) is 0 Å². The Hall–Kier alpha value is -2.75. The Morgan fingerprint density at radius 2 is 1.84 bits per heavy atom. The van der Waals surface area contributed by atoms with Crippen LogP contribution in [0.5, 0.6) is 11.5 Å². The number of rotatable bonds is 12. The number of ether oxygens (including phenoxy) is 1. The number of hydrogen-bond donors (Lipinski definition) is 2. The zero-order chi connectivity index (χ0) is 22.7. The molecule has 0 atom stereocenters. The summed E-state index contributed by atoms with van der Waals surface area (Å²) in [6.07, 6.45) is 10.2. The average Bonchev–Trinajstić information content (AvgIpc) is 2.76. The van der Waals surface area contributed by atoms with Crippen molar-refractivity contribution in [3.05, 3.63) is 65.2 Å². The molecule has 0 saturated carbocycles. The second-order valence-corrected chi connectivity index (χ2v) is 8.70. The fourth-order valence-corrected chi connectivity index (χ4v) is 3.71. The van der Waals surface area contributed by atoms with Crippen LogP contribution in [0.15, 0.2) is 48.5 Å². The molecule has 0 aliphatic rings. The number of nitrogens with one attached hydrogen (secondary N) is 1. The van der Waals surface area contributed by atoms with Crippen molar-refractivity contribution in [1.29, 1.82) is 0 Å². The number of unbranched alkanes of at least 4 members (excludes halogenated alkanes) is 3. The molecule has 2 aromatic carbocycles. The summed E-state index contributed by atoms with van der Waals surface area (Å²) in [7, 11) is 1.71. The van der Waals surface area contributed by atoms with Gasteiger partial charge in [0.15, 0.2) is 0 Å². The summed E-state index contributed by atoms with van der Waals surface area (Å²) in [6, 6.07) is 13.1. The van der Waals surface area contributed by atoms with Gasteiger partial charge in [0.05, 0.1) is 7.11 Å². The van der Waals surface area contributed by atoms with Crippen LogP contribution in [0.4, 0.5) is 0 Å². The largest absolute Gasteiger partial charge is 0.508 e. The van der Waals surface area contributed by atoms with Crippen molar-refractivity contribution in [3.63, 3.8) is 0 Å². The van der Waals surface area contributed by atoms with Gasteiger partial charge < -0.3 is 15.2 Å². The first-order valence-electron chi connectivity index (χ1n) is 11.3. The molecule has 4 heteroatoms. The lowest BCUT2D eigenvalue weighted by Crippen LogP contribution is -2.23. The lowest BCUT2D eigenvalue weighted by atomic mass is 9.79. The number of phenols is 1. The first-order valence-corrected chi connectivity index (χ1v) is 11.3. The number of phenolic OH excluding ortho intramolecular Hbond substituents is 1. The third kappa shape index (κ3) is 8.12. The predicted molar refractivity (Wildman–Crippen MR) is 129 cm³/mol. The molecule has 0 radical (unpaired) electrons. The zero-order valence-corrected chi connectivity index (χ0v) is 19.4. The molecule has 2 N–H and O–H groups in total. The fraction of sp³-hybridized carbons (Fsp3) is 0.444. The smallest absolute Gasteiger partial charge is 0.244 e. The van der Waals surface area contributed by atoms with Crippen LogP contribution in [0.1, 0.15) is 69.6 Å². The molecule has 2 rings (SSSR count). The van der Waals surface area contributed by atoms with Gasteiger partial charge in [-0.2, -0.15) is 0 Å². The quantitative estimate of drug-likeness (QED) is 0.324. The van der Waals surface area contributed by atoms with E-state index in [-0.39, 0.29) is 17.1 Å². The third-order valence-electron chi connectivity index (χ3n) is 5.68. The molecule has 0 spiro atoms. The monoisotopic (exact) mass is 423 g/mol. The summed E-state index contributed by atoms with van der Waals surface area (Å²) in [4.78, 5) is 12.2. The van der Waals surface area contributed by atoms with Crippen molar-refractivity contribution in [2.45, 2.75) is 64.7 Å². The highest BCUT2D eigenvalue weighted by Gasteiger charge is 2.24. The number of hydrogen-bond acceptors (Lipinski definition) is 3. The summed E-state index contributed by atoms with van der Waals surface area (Å²) in [5.41, 5.74) is 3.26. The minimum atomic E-state index is -0.116. The van der Waals surface area contributed by atoms with Crippen LogP contribution in [0, 0.1) is 0 Å². The summed E-state index contributed by atoms with van der Waals surface area (Å²) in [5, 5.41) is 12.2. The van der Waals surface area contributed by atoms with E-state index in [1.807, 2.05) is 30.3 Å². The molecule has 0 saturated heterocycles. The van der Waals surface area contributed by atoms with Gasteiger partial charge in [0.25, 0.3) is 0 Å². The van der Waals surface area contributed by atoms with Crippen LogP contribution in [0.25, 0.3) is 6.08 Å². The third-order valence-corrected chi connectivity index (χ3v) is 5.68. The van der Waals surface area contributed by atoms with E-state index in [9.17, 15) is 9.90 Å². The highest BCUT2D eigenvalue weighted by atomic mass is 16.5. The molecule has 0 bridgehead atoms. The maximum Gasteiger partial charge on any atom is 0.244 e. The molecule has 168 valence electrons. The van der Waals surface area contributed by atoms with Crippen LogP contribution >= 0.6 is 0 Å². The molecular weight excluding hydrogens is 386 g/mol. The van der Waals surface area contributed by atoms with E-state index < -0.39 is 0 Å². The standard InChI is InChI=1S/C27H37NO3/c1-5-6-7-8-18-27(2,3)24-20-22(11-15-25(24)31-4)12-16-26(30)28-19-17-21-9-13-23(29)14-10-21/h9-16,20,29H,5-8,17-19H2,1-4H3,(H,28,30)/b16-12+. The molecular formula is C27H37NO3. The predicted octanol–water partition coefficient (Wildman–Crippen LogP) is 6.02. The maximum absolute atomic E-state index is 12.2. The normalized spacial score (nSPS) is 11.6. The van der Waals surface area contributed by atoms with Crippen molar-refractivity contribution in [1.82, 2.24) is 5.32 Å². The summed E-state index contributed by atoms with van der Waals surface area (Å²) < 4.78 is 5.62. The second kappa shape index (κ2) is 12.2. The van der Waals surface area contributed by atoms with E-state index in [1.54, 1.807) is 25.3 Å². The van der Waals surface area contributed by atoms with Crippen molar-refractivity contribution >= 4 is 12.0 Å². The number of benzene rings is 2. The van der Waals surface area contributed by atoms with E-state index in [2.05, 4.69) is 32.2 Å². The van der Waals surface area contributed by atoms with Crippen molar-refractivity contribution < 1.29 is 14.6 Å². The molecule has 0 aliphatic heterocycles. The summed E-state index contributed by atoms with van der Waals surface area (Å²) >= 11 is 0. The SMILES string of the molecule is CCCCCCC(C)(C)c1cc(/C=C/C(=O)NCCc2ccc(O)cc2)ccc1OC. The minimum Gasteiger partial charge on any atom is -0.508 e. The molecule has 0 heterocycles. The van der Waals surface area contributed by atoms with Crippen LogP contribution in [0.3, 0.4) is 0 Å². The minimum absolute atomic E-state index is 0.00924. The number of amides is 1. The van der Waals surface area contributed by atoms with Gasteiger partial charge in [-0.1, -0.05) is 64.7 Å². The number of aromatic hydroxyl groups is 1. The Kier molecular flexibility index (Phi) is 9.64. The van der Waals surface area contributed by atoms with Crippen LogP contribution in [0.2, 0.25) is 0 Å². The van der Waals surface area contributed by atoms with E-state index in [1.165, 1.54) is 31.2 Å². The maximum atomic E-state index is 12.2. The Balaban J connectivity index is 1.97. The van der Waals surface area contributed by atoms with Crippen LogP contribution in [-0.4, -0.2) is 24.7 Å². The summed E-state index contributed by atoms with van der Waals surface area (Å²) in [5.74, 6) is 1.03. The Morgan fingerprint density at radius 3 is 2.52 bits per heavy atom. The first-order chi connectivity index (χ1) is 14.9. The van der Waals surface area contributed by atoms with Gasteiger partial charge in [-0.05, 0) is 59.7 Å². The average molecular weight is 424 g/mol. The second-order valence-electron chi connectivity index (χ2n) is 8.70. The molecule has 0 unspecified atom stereocenters. The molecule has 31 heavy (non-hydrogen) atoms. The Morgan fingerprint density at radius 1 is 1.10 bits per heavy atom. The number of carbonyl (C=O) groups excluding carboxylic acids is 1. The number of methoxy groups -OCH3 is 1. The topological polar surface area (TPSA) is 58.6 Å². The van der Waals surface area contributed by atoms with Crippen LogP contribution in [-0.2, 0) is 16.6 Å². The molecule has 0 aromatic heterocycles. The molecule has 1 amide bonds. The van der Waals surface area contributed by atoms with E-state index in [0.717, 1.165) is 29.7 Å². The highest BCUT2D eigenvalue weighted by Crippen LogP contribution is 2.36. The Bertz CT molecular complexity index is 853. The zero-order valence-electron chi connectivity index (χ0n) is 19.4. The van der Waals surface area contributed by atoms with Gasteiger partial charge in [0, 0.05) is 18.2 Å². The fourth-order valence-electron chi connectivity index (χ4n) is 3.71. The summed E-state index contributed by atoms with van der Waals surface area (Å²) in [6.45, 7) is 7.31. The molecule has 4 nitrogen and oxygen atoms in total.